The van der Waals surface area contributed by atoms with Gasteiger partial charge in [0, 0.05) is 22.8 Å². The standard InChI is InChI=1S/C14H17ClN2O2/c1-4-5-8-6-9(16)12-13(15)10(18-2)7-11(19-3)14(12)17-8/h6-7H,4-5H2,1-3H3,(H2,16,17). The summed E-state index contributed by atoms with van der Waals surface area (Å²) in [5.74, 6) is 1.14. The molecule has 0 amide bonds. The van der Waals surface area contributed by atoms with Gasteiger partial charge in [0.15, 0.2) is 0 Å². The van der Waals surface area contributed by atoms with Gasteiger partial charge < -0.3 is 15.2 Å². The number of hydrogen-bond donors (Lipinski definition) is 1. The first-order chi connectivity index (χ1) is 9.12. The van der Waals surface area contributed by atoms with Crippen molar-refractivity contribution >= 4 is 28.2 Å². The van der Waals surface area contributed by atoms with Crippen LogP contribution in [0.3, 0.4) is 0 Å². The number of fused-ring (bicyclic) bond motifs is 1. The Morgan fingerprint density at radius 3 is 2.47 bits per heavy atom. The minimum absolute atomic E-state index is 0.464. The van der Waals surface area contributed by atoms with Gasteiger partial charge in [-0.2, -0.15) is 0 Å². The number of aryl methyl sites for hydroxylation is 1. The SMILES string of the molecule is CCCc1cc(N)c2c(Cl)c(OC)cc(OC)c2n1. The fourth-order valence-electron chi connectivity index (χ4n) is 2.09. The lowest BCUT2D eigenvalue weighted by atomic mass is 10.1. The number of benzene rings is 1. The molecule has 0 unspecified atom stereocenters. The van der Waals surface area contributed by atoms with E-state index in [0.717, 1.165) is 18.5 Å². The van der Waals surface area contributed by atoms with Crippen LogP contribution in [0.2, 0.25) is 5.02 Å². The second kappa shape index (κ2) is 5.53. The molecule has 1 aromatic carbocycles. The minimum atomic E-state index is 0.464. The van der Waals surface area contributed by atoms with E-state index < -0.39 is 0 Å². The average Bonchev–Trinajstić information content (AvgIpc) is 2.39. The maximum absolute atomic E-state index is 6.30. The minimum Gasteiger partial charge on any atom is -0.495 e. The normalized spacial score (nSPS) is 10.7. The number of ether oxygens (including phenoxy) is 2. The highest BCUT2D eigenvalue weighted by Crippen LogP contribution is 2.41. The number of hydrogen-bond acceptors (Lipinski definition) is 4. The Morgan fingerprint density at radius 2 is 1.89 bits per heavy atom. The molecule has 19 heavy (non-hydrogen) atoms. The van der Waals surface area contributed by atoms with Crippen molar-refractivity contribution in [3.63, 3.8) is 0 Å². The molecule has 2 N–H and O–H groups in total. The van der Waals surface area contributed by atoms with Gasteiger partial charge in [-0.15, -0.1) is 0 Å². The number of nitrogen functional groups attached to an aromatic ring is 1. The van der Waals surface area contributed by atoms with Crippen LogP contribution in [0.1, 0.15) is 19.0 Å². The van der Waals surface area contributed by atoms with Gasteiger partial charge in [-0.25, -0.2) is 4.98 Å². The molecule has 5 heteroatoms. The van der Waals surface area contributed by atoms with E-state index in [1.54, 1.807) is 20.3 Å². The first kappa shape index (κ1) is 13.7. The Balaban J connectivity index is 2.80. The van der Waals surface area contributed by atoms with Gasteiger partial charge in [-0.3, -0.25) is 0 Å². The first-order valence-electron chi connectivity index (χ1n) is 6.11. The predicted molar refractivity (Wildman–Crippen MR) is 78.3 cm³/mol. The molecule has 0 saturated heterocycles. The topological polar surface area (TPSA) is 57.4 Å². The number of aromatic nitrogens is 1. The predicted octanol–water partition coefficient (Wildman–Crippen LogP) is 3.44. The molecule has 4 nitrogen and oxygen atoms in total. The van der Waals surface area contributed by atoms with Crippen LogP contribution >= 0.6 is 11.6 Å². The van der Waals surface area contributed by atoms with Crippen molar-refractivity contribution in [2.24, 2.45) is 0 Å². The van der Waals surface area contributed by atoms with E-state index in [0.29, 0.717) is 33.1 Å². The van der Waals surface area contributed by atoms with Crippen LogP contribution in [0, 0.1) is 0 Å². The van der Waals surface area contributed by atoms with Crippen LogP contribution in [0.5, 0.6) is 11.5 Å². The van der Waals surface area contributed by atoms with Crippen molar-refractivity contribution in [3.8, 4) is 11.5 Å². The molecule has 2 aromatic rings. The zero-order valence-electron chi connectivity index (χ0n) is 11.3. The zero-order chi connectivity index (χ0) is 14.0. The number of rotatable bonds is 4. The van der Waals surface area contributed by atoms with E-state index >= 15 is 0 Å². The maximum Gasteiger partial charge on any atom is 0.148 e. The lowest BCUT2D eigenvalue weighted by Crippen LogP contribution is -1.99. The van der Waals surface area contributed by atoms with Crippen LogP contribution in [-0.4, -0.2) is 19.2 Å². The largest absolute Gasteiger partial charge is 0.495 e. The Morgan fingerprint density at radius 1 is 1.21 bits per heavy atom. The molecule has 0 radical (unpaired) electrons. The highest BCUT2D eigenvalue weighted by molar-refractivity contribution is 6.38. The summed E-state index contributed by atoms with van der Waals surface area (Å²) in [4.78, 5) is 4.59. The summed E-state index contributed by atoms with van der Waals surface area (Å²) in [6, 6.07) is 3.59. The van der Waals surface area contributed by atoms with Crippen molar-refractivity contribution in [3.05, 3.63) is 22.8 Å². The third-order valence-electron chi connectivity index (χ3n) is 2.98. The smallest absolute Gasteiger partial charge is 0.148 e. The summed E-state index contributed by atoms with van der Waals surface area (Å²) in [6.07, 6.45) is 1.87. The lowest BCUT2D eigenvalue weighted by molar-refractivity contribution is 0.397. The Labute approximate surface area is 117 Å². The van der Waals surface area contributed by atoms with E-state index in [4.69, 9.17) is 26.8 Å². The van der Waals surface area contributed by atoms with E-state index in [1.807, 2.05) is 6.07 Å². The van der Waals surface area contributed by atoms with E-state index in [-0.39, 0.29) is 0 Å². The summed E-state index contributed by atoms with van der Waals surface area (Å²) in [5.41, 5.74) is 8.31. The summed E-state index contributed by atoms with van der Waals surface area (Å²) in [6.45, 7) is 2.10. The van der Waals surface area contributed by atoms with Gasteiger partial charge in [-0.05, 0) is 12.5 Å². The summed E-state index contributed by atoms with van der Waals surface area (Å²) in [5, 5.41) is 1.14. The summed E-state index contributed by atoms with van der Waals surface area (Å²) < 4.78 is 10.6. The Hall–Kier alpha value is -1.68. The van der Waals surface area contributed by atoms with Crippen LogP contribution in [0.4, 0.5) is 5.69 Å². The van der Waals surface area contributed by atoms with Crippen molar-refractivity contribution in [1.29, 1.82) is 0 Å². The van der Waals surface area contributed by atoms with Crippen molar-refractivity contribution in [2.45, 2.75) is 19.8 Å². The molecule has 2 rings (SSSR count). The highest BCUT2D eigenvalue weighted by atomic mass is 35.5. The average molecular weight is 281 g/mol. The van der Waals surface area contributed by atoms with Crippen molar-refractivity contribution in [2.75, 3.05) is 20.0 Å². The molecule has 0 saturated carbocycles. The number of nitrogens with zero attached hydrogens (tertiary/aromatic N) is 1. The molecule has 0 aliphatic carbocycles. The quantitative estimate of drug-likeness (QED) is 0.932. The zero-order valence-corrected chi connectivity index (χ0v) is 12.0. The van der Waals surface area contributed by atoms with Crippen LogP contribution < -0.4 is 15.2 Å². The van der Waals surface area contributed by atoms with Gasteiger partial charge in [0.05, 0.1) is 19.2 Å². The van der Waals surface area contributed by atoms with Crippen molar-refractivity contribution < 1.29 is 9.47 Å². The number of anilines is 1. The third kappa shape index (κ3) is 2.40. The molecule has 0 aliphatic rings. The van der Waals surface area contributed by atoms with Crippen LogP contribution in [0.15, 0.2) is 12.1 Å². The second-order valence-corrected chi connectivity index (χ2v) is 4.65. The van der Waals surface area contributed by atoms with Crippen LogP contribution in [0.25, 0.3) is 10.9 Å². The van der Waals surface area contributed by atoms with Gasteiger partial charge in [0.2, 0.25) is 0 Å². The molecule has 0 spiro atoms. The van der Waals surface area contributed by atoms with E-state index in [2.05, 4.69) is 11.9 Å². The Kier molecular flexibility index (Phi) is 4.00. The van der Waals surface area contributed by atoms with Gasteiger partial charge in [0.1, 0.15) is 17.0 Å². The monoisotopic (exact) mass is 280 g/mol. The molecule has 0 bridgehead atoms. The molecule has 102 valence electrons. The number of halogens is 1. The fourth-order valence-corrected chi connectivity index (χ4v) is 2.42. The third-order valence-corrected chi connectivity index (χ3v) is 3.36. The molecule has 0 aliphatic heterocycles. The van der Waals surface area contributed by atoms with Gasteiger partial charge in [-0.1, -0.05) is 24.9 Å². The molecular formula is C14H17ClN2O2. The molecule has 1 aromatic heterocycles. The number of pyridine rings is 1. The Bertz CT molecular complexity index is 614. The summed E-state index contributed by atoms with van der Waals surface area (Å²) in [7, 11) is 3.15. The molecule has 1 heterocycles. The number of methoxy groups -OCH3 is 2. The molecular weight excluding hydrogens is 264 g/mol. The van der Waals surface area contributed by atoms with Gasteiger partial charge in [0.25, 0.3) is 0 Å². The highest BCUT2D eigenvalue weighted by Gasteiger charge is 2.16. The lowest BCUT2D eigenvalue weighted by Gasteiger charge is -2.13. The van der Waals surface area contributed by atoms with Gasteiger partial charge >= 0.3 is 0 Å². The van der Waals surface area contributed by atoms with E-state index in [1.165, 1.54) is 0 Å². The first-order valence-corrected chi connectivity index (χ1v) is 6.49. The van der Waals surface area contributed by atoms with E-state index in [9.17, 15) is 0 Å². The maximum atomic E-state index is 6.30. The number of nitrogens with two attached hydrogens (primary N) is 1. The molecule has 0 fully saturated rings. The second-order valence-electron chi connectivity index (χ2n) is 4.27. The van der Waals surface area contributed by atoms with Crippen molar-refractivity contribution in [1.82, 2.24) is 4.98 Å². The molecule has 0 atom stereocenters. The van der Waals surface area contributed by atoms with Crippen LogP contribution in [-0.2, 0) is 6.42 Å². The summed E-state index contributed by atoms with van der Waals surface area (Å²) >= 11 is 6.30. The fraction of sp³-hybridized carbons (Fsp3) is 0.357.